The van der Waals surface area contributed by atoms with Crippen molar-refractivity contribution in [1.29, 1.82) is 0 Å². The molecule has 2 N–H and O–H groups in total. The highest BCUT2D eigenvalue weighted by Crippen LogP contribution is 2.29. The van der Waals surface area contributed by atoms with Gasteiger partial charge in [0.25, 0.3) is 5.91 Å². The second-order valence-electron chi connectivity index (χ2n) is 6.78. The molecule has 6 heteroatoms. The highest BCUT2D eigenvalue weighted by Gasteiger charge is 2.38. The standard InChI is InChI=1S/C16H25N3O3/c20-14(11-8-9-11)17-18-15(21)13-7-4-10-19(13)16(22)12-5-2-1-3-6-12/h11-13H,1-10H2,(H,17,20)(H,18,21)/t13-/m0/s1. The van der Waals surface area contributed by atoms with Crippen LogP contribution in [0.15, 0.2) is 0 Å². The first-order valence-electron chi connectivity index (χ1n) is 8.57. The van der Waals surface area contributed by atoms with E-state index in [4.69, 9.17) is 0 Å². The monoisotopic (exact) mass is 307 g/mol. The molecule has 1 atom stereocenters. The van der Waals surface area contributed by atoms with Crippen molar-refractivity contribution in [3.05, 3.63) is 0 Å². The Morgan fingerprint density at radius 2 is 1.41 bits per heavy atom. The van der Waals surface area contributed by atoms with Gasteiger partial charge in [-0.3, -0.25) is 25.2 Å². The molecule has 6 nitrogen and oxygen atoms in total. The minimum Gasteiger partial charge on any atom is -0.330 e. The summed E-state index contributed by atoms with van der Waals surface area (Å²) in [6, 6.07) is -0.422. The molecule has 2 saturated carbocycles. The number of rotatable bonds is 3. The van der Waals surface area contributed by atoms with Crippen molar-refractivity contribution in [1.82, 2.24) is 15.8 Å². The number of hydrogen-bond donors (Lipinski definition) is 2. The van der Waals surface area contributed by atoms with Crippen LogP contribution >= 0.6 is 0 Å². The lowest BCUT2D eigenvalue weighted by atomic mass is 9.88. The fourth-order valence-electron chi connectivity index (χ4n) is 3.54. The van der Waals surface area contributed by atoms with Crippen LogP contribution in [0.25, 0.3) is 0 Å². The van der Waals surface area contributed by atoms with Crippen LogP contribution in [0.3, 0.4) is 0 Å². The molecule has 1 saturated heterocycles. The van der Waals surface area contributed by atoms with Gasteiger partial charge >= 0.3 is 0 Å². The first-order chi connectivity index (χ1) is 10.7. The average molecular weight is 307 g/mol. The molecule has 0 bridgehead atoms. The summed E-state index contributed by atoms with van der Waals surface area (Å²) in [4.78, 5) is 38.2. The number of carbonyl (C=O) groups excluding carboxylic acids is 3. The van der Waals surface area contributed by atoms with Gasteiger partial charge < -0.3 is 4.90 Å². The Morgan fingerprint density at radius 3 is 2.09 bits per heavy atom. The van der Waals surface area contributed by atoms with Gasteiger partial charge in [0, 0.05) is 18.4 Å². The van der Waals surface area contributed by atoms with Gasteiger partial charge in [-0.1, -0.05) is 19.3 Å². The summed E-state index contributed by atoms with van der Waals surface area (Å²) in [5.41, 5.74) is 4.98. The Bertz CT molecular complexity index is 456. The summed E-state index contributed by atoms with van der Waals surface area (Å²) in [6.45, 7) is 0.657. The molecule has 3 amide bonds. The zero-order valence-corrected chi connectivity index (χ0v) is 13.0. The average Bonchev–Trinajstić information content (AvgIpc) is 3.29. The molecule has 1 heterocycles. The molecule has 3 rings (SSSR count). The first kappa shape index (κ1) is 15.3. The van der Waals surface area contributed by atoms with Crippen molar-refractivity contribution < 1.29 is 14.4 Å². The number of nitrogens with zero attached hydrogens (tertiary/aromatic N) is 1. The van der Waals surface area contributed by atoms with Crippen LogP contribution < -0.4 is 10.9 Å². The van der Waals surface area contributed by atoms with Crippen LogP contribution in [-0.2, 0) is 14.4 Å². The Morgan fingerprint density at radius 1 is 0.727 bits per heavy atom. The molecule has 3 aliphatic rings. The van der Waals surface area contributed by atoms with E-state index < -0.39 is 6.04 Å². The number of amides is 3. The molecule has 0 aromatic carbocycles. The van der Waals surface area contributed by atoms with Crippen molar-refractivity contribution in [2.24, 2.45) is 11.8 Å². The minimum atomic E-state index is -0.422. The largest absolute Gasteiger partial charge is 0.330 e. The van der Waals surface area contributed by atoms with Gasteiger partial charge in [-0.2, -0.15) is 0 Å². The quantitative estimate of drug-likeness (QED) is 0.767. The molecule has 3 fully saturated rings. The van der Waals surface area contributed by atoms with Gasteiger partial charge in [0.05, 0.1) is 0 Å². The lowest BCUT2D eigenvalue weighted by molar-refractivity contribution is -0.143. The third-order valence-corrected chi connectivity index (χ3v) is 5.05. The van der Waals surface area contributed by atoms with Gasteiger partial charge in [0.15, 0.2) is 0 Å². The number of hydrazine groups is 1. The van der Waals surface area contributed by atoms with Crippen LogP contribution in [-0.4, -0.2) is 35.2 Å². The van der Waals surface area contributed by atoms with Gasteiger partial charge in [-0.15, -0.1) is 0 Å². The number of carbonyl (C=O) groups is 3. The van der Waals surface area contributed by atoms with E-state index in [0.717, 1.165) is 44.9 Å². The predicted octanol–water partition coefficient (Wildman–Crippen LogP) is 1.12. The minimum absolute atomic E-state index is 0.0591. The summed E-state index contributed by atoms with van der Waals surface area (Å²) >= 11 is 0. The number of hydrogen-bond acceptors (Lipinski definition) is 3. The van der Waals surface area contributed by atoms with Gasteiger partial charge in [0.2, 0.25) is 11.8 Å². The van der Waals surface area contributed by atoms with Crippen molar-refractivity contribution in [2.45, 2.75) is 63.8 Å². The zero-order valence-electron chi connectivity index (χ0n) is 13.0. The fraction of sp³-hybridized carbons (Fsp3) is 0.812. The Hall–Kier alpha value is -1.59. The second kappa shape index (κ2) is 6.67. The van der Waals surface area contributed by atoms with E-state index in [1.807, 2.05) is 0 Å². The van der Waals surface area contributed by atoms with Gasteiger partial charge in [-0.05, 0) is 38.5 Å². The maximum Gasteiger partial charge on any atom is 0.261 e. The maximum atomic E-state index is 12.6. The summed E-state index contributed by atoms with van der Waals surface area (Å²) < 4.78 is 0. The molecule has 0 radical (unpaired) electrons. The molecule has 1 aliphatic heterocycles. The summed E-state index contributed by atoms with van der Waals surface area (Å²) in [5.74, 6) is -0.0925. The molecule has 0 aromatic heterocycles. The molecule has 0 aromatic rings. The van der Waals surface area contributed by atoms with Crippen molar-refractivity contribution in [3.8, 4) is 0 Å². The van der Waals surface area contributed by atoms with Crippen LogP contribution in [0, 0.1) is 11.8 Å². The second-order valence-corrected chi connectivity index (χ2v) is 6.78. The molecule has 2 aliphatic carbocycles. The third kappa shape index (κ3) is 3.42. The van der Waals surface area contributed by atoms with E-state index in [0.29, 0.717) is 13.0 Å². The molecular formula is C16H25N3O3. The smallest absolute Gasteiger partial charge is 0.261 e. The van der Waals surface area contributed by atoms with Gasteiger partial charge in [0.1, 0.15) is 6.04 Å². The van der Waals surface area contributed by atoms with E-state index in [2.05, 4.69) is 10.9 Å². The van der Waals surface area contributed by atoms with E-state index in [-0.39, 0.29) is 29.6 Å². The van der Waals surface area contributed by atoms with Gasteiger partial charge in [-0.25, -0.2) is 0 Å². The van der Waals surface area contributed by atoms with Crippen molar-refractivity contribution in [2.75, 3.05) is 6.54 Å². The van der Waals surface area contributed by atoms with Crippen LogP contribution in [0.5, 0.6) is 0 Å². The SMILES string of the molecule is O=C(NNC(=O)[C@@H]1CCCN1C(=O)C1CCCCC1)C1CC1. The molecule has 122 valence electrons. The van der Waals surface area contributed by atoms with Crippen molar-refractivity contribution >= 4 is 17.7 Å². The van der Waals surface area contributed by atoms with Crippen molar-refractivity contribution in [3.63, 3.8) is 0 Å². The Labute approximate surface area is 131 Å². The summed E-state index contributed by atoms with van der Waals surface area (Å²) in [7, 11) is 0. The summed E-state index contributed by atoms with van der Waals surface area (Å²) in [6.07, 6.45) is 8.66. The zero-order chi connectivity index (χ0) is 15.5. The number of likely N-dealkylation sites (tertiary alicyclic amines) is 1. The molecule has 0 unspecified atom stereocenters. The molecule has 0 spiro atoms. The highest BCUT2D eigenvalue weighted by atomic mass is 16.2. The Kier molecular flexibility index (Phi) is 4.64. The third-order valence-electron chi connectivity index (χ3n) is 5.05. The lowest BCUT2D eigenvalue weighted by Crippen LogP contribution is -2.52. The molecular weight excluding hydrogens is 282 g/mol. The maximum absolute atomic E-state index is 12.6. The highest BCUT2D eigenvalue weighted by molar-refractivity contribution is 5.91. The van der Waals surface area contributed by atoms with Crippen LogP contribution in [0.4, 0.5) is 0 Å². The van der Waals surface area contributed by atoms with Crippen LogP contribution in [0.2, 0.25) is 0 Å². The Balaban J connectivity index is 1.53. The predicted molar refractivity (Wildman–Crippen MR) is 80.3 cm³/mol. The fourth-order valence-corrected chi connectivity index (χ4v) is 3.54. The number of nitrogens with one attached hydrogen (secondary N) is 2. The summed E-state index contributed by atoms with van der Waals surface area (Å²) in [5, 5.41) is 0. The normalized spacial score (nSPS) is 25.8. The lowest BCUT2D eigenvalue weighted by Gasteiger charge is -2.30. The topological polar surface area (TPSA) is 78.5 Å². The van der Waals surface area contributed by atoms with E-state index >= 15 is 0 Å². The molecule has 22 heavy (non-hydrogen) atoms. The first-order valence-corrected chi connectivity index (χ1v) is 8.57. The van der Waals surface area contributed by atoms with E-state index in [1.54, 1.807) is 4.90 Å². The van der Waals surface area contributed by atoms with E-state index in [1.165, 1.54) is 6.42 Å². The van der Waals surface area contributed by atoms with Crippen LogP contribution in [0.1, 0.15) is 57.8 Å². The van der Waals surface area contributed by atoms with E-state index in [9.17, 15) is 14.4 Å².